The average molecular weight is 234 g/mol. The van der Waals surface area contributed by atoms with Crippen LogP contribution in [-0.2, 0) is 16.0 Å². The van der Waals surface area contributed by atoms with Crippen molar-refractivity contribution in [2.45, 2.75) is 32.8 Å². The van der Waals surface area contributed by atoms with Crippen molar-refractivity contribution in [2.24, 2.45) is 5.92 Å². The Bertz CT molecular complexity index is 398. The van der Waals surface area contributed by atoms with E-state index in [1.54, 1.807) is 0 Å². The Labute approximate surface area is 102 Å². The molecule has 0 bridgehead atoms. The van der Waals surface area contributed by atoms with Crippen LogP contribution in [0.3, 0.4) is 0 Å². The van der Waals surface area contributed by atoms with E-state index in [0.29, 0.717) is 18.9 Å². The Morgan fingerprint density at radius 2 is 2.24 bits per heavy atom. The fraction of sp³-hybridized carbons (Fsp3) is 0.500. The summed E-state index contributed by atoms with van der Waals surface area (Å²) in [5.74, 6) is 0.924. The van der Waals surface area contributed by atoms with E-state index in [1.165, 1.54) is 5.56 Å². The molecule has 3 nitrogen and oxygen atoms in total. The van der Waals surface area contributed by atoms with Gasteiger partial charge in [-0.2, -0.15) is 0 Å². The molecule has 0 radical (unpaired) electrons. The second kappa shape index (κ2) is 5.21. The third-order valence-corrected chi connectivity index (χ3v) is 2.74. The van der Waals surface area contributed by atoms with Crippen molar-refractivity contribution in [1.82, 2.24) is 0 Å². The van der Waals surface area contributed by atoms with E-state index in [0.717, 1.165) is 12.2 Å². The fourth-order valence-corrected chi connectivity index (χ4v) is 1.83. The van der Waals surface area contributed by atoms with Gasteiger partial charge in [0.1, 0.15) is 5.75 Å². The second-order valence-corrected chi connectivity index (χ2v) is 4.78. The summed E-state index contributed by atoms with van der Waals surface area (Å²) >= 11 is 0. The minimum atomic E-state index is -0.441. The Morgan fingerprint density at radius 3 is 3.00 bits per heavy atom. The monoisotopic (exact) mass is 234 g/mol. The van der Waals surface area contributed by atoms with Crippen LogP contribution in [0.5, 0.6) is 5.75 Å². The van der Waals surface area contributed by atoms with Crippen molar-refractivity contribution in [3.05, 3.63) is 29.8 Å². The molecule has 1 aromatic carbocycles. The van der Waals surface area contributed by atoms with Gasteiger partial charge in [-0.25, -0.2) is 4.79 Å². The predicted molar refractivity (Wildman–Crippen MR) is 65.0 cm³/mol. The molecule has 1 aliphatic heterocycles. The summed E-state index contributed by atoms with van der Waals surface area (Å²) in [5, 5.41) is 0. The molecule has 0 aliphatic carbocycles. The summed E-state index contributed by atoms with van der Waals surface area (Å²) in [6.45, 7) is 4.49. The molecule has 1 atom stereocenters. The van der Waals surface area contributed by atoms with Crippen LogP contribution in [0.1, 0.15) is 25.8 Å². The first-order chi connectivity index (χ1) is 8.16. The van der Waals surface area contributed by atoms with Gasteiger partial charge in [0.25, 0.3) is 0 Å². The molecule has 1 aromatic rings. The molecular formula is C14H18O3. The van der Waals surface area contributed by atoms with Gasteiger partial charge in [0.15, 0.2) is 6.10 Å². The van der Waals surface area contributed by atoms with Crippen LogP contribution in [0, 0.1) is 5.92 Å². The molecule has 0 amide bonds. The standard InChI is InChI=1S/C14H18O3/c1-10(2)9-16-14(15)13-8-7-11-5-3-4-6-12(11)17-13/h3-6,10,13H,7-9H2,1-2H3. The maximum Gasteiger partial charge on any atom is 0.347 e. The van der Waals surface area contributed by atoms with Crippen molar-refractivity contribution in [3.8, 4) is 5.75 Å². The van der Waals surface area contributed by atoms with Crippen LogP contribution in [0.15, 0.2) is 24.3 Å². The summed E-state index contributed by atoms with van der Waals surface area (Å²) in [4.78, 5) is 11.8. The van der Waals surface area contributed by atoms with Crippen LogP contribution in [0.2, 0.25) is 0 Å². The van der Waals surface area contributed by atoms with Crippen LogP contribution < -0.4 is 4.74 Å². The Kier molecular flexibility index (Phi) is 3.67. The van der Waals surface area contributed by atoms with E-state index in [9.17, 15) is 4.79 Å². The summed E-state index contributed by atoms with van der Waals surface area (Å²) in [6.07, 6.45) is 1.13. The highest BCUT2D eigenvalue weighted by atomic mass is 16.6. The molecule has 0 saturated carbocycles. The van der Waals surface area contributed by atoms with E-state index in [4.69, 9.17) is 9.47 Å². The van der Waals surface area contributed by atoms with Gasteiger partial charge >= 0.3 is 5.97 Å². The first kappa shape index (κ1) is 12.0. The van der Waals surface area contributed by atoms with E-state index >= 15 is 0 Å². The maximum absolute atomic E-state index is 11.8. The zero-order valence-corrected chi connectivity index (χ0v) is 10.3. The molecule has 3 heteroatoms. The summed E-state index contributed by atoms with van der Waals surface area (Å²) in [6, 6.07) is 7.84. The molecule has 17 heavy (non-hydrogen) atoms. The molecular weight excluding hydrogens is 216 g/mol. The zero-order valence-electron chi connectivity index (χ0n) is 10.3. The second-order valence-electron chi connectivity index (χ2n) is 4.78. The minimum Gasteiger partial charge on any atom is -0.478 e. The molecule has 0 aromatic heterocycles. The molecule has 0 fully saturated rings. The van der Waals surface area contributed by atoms with Crippen LogP contribution in [0.4, 0.5) is 0 Å². The lowest BCUT2D eigenvalue weighted by atomic mass is 10.0. The largest absolute Gasteiger partial charge is 0.478 e. The first-order valence-corrected chi connectivity index (χ1v) is 6.08. The fourth-order valence-electron chi connectivity index (χ4n) is 1.83. The van der Waals surface area contributed by atoms with Crippen molar-refractivity contribution in [1.29, 1.82) is 0 Å². The normalized spacial score (nSPS) is 18.4. The number of hydrogen-bond donors (Lipinski definition) is 0. The summed E-state index contributed by atoms with van der Waals surface area (Å²) in [7, 11) is 0. The quantitative estimate of drug-likeness (QED) is 0.754. The van der Waals surface area contributed by atoms with E-state index in [-0.39, 0.29) is 5.97 Å². The lowest BCUT2D eigenvalue weighted by molar-refractivity contribution is -0.153. The smallest absolute Gasteiger partial charge is 0.347 e. The first-order valence-electron chi connectivity index (χ1n) is 6.08. The van der Waals surface area contributed by atoms with E-state index in [2.05, 4.69) is 0 Å². The Balaban J connectivity index is 1.95. The van der Waals surface area contributed by atoms with Gasteiger partial charge in [-0.15, -0.1) is 0 Å². The number of rotatable bonds is 3. The van der Waals surface area contributed by atoms with Crippen molar-refractivity contribution < 1.29 is 14.3 Å². The maximum atomic E-state index is 11.8. The van der Waals surface area contributed by atoms with Gasteiger partial charge in [-0.1, -0.05) is 32.0 Å². The number of fused-ring (bicyclic) bond motifs is 1. The zero-order chi connectivity index (χ0) is 12.3. The molecule has 0 spiro atoms. The average Bonchev–Trinajstić information content (AvgIpc) is 2.35. The van der Waals surface area contributed by atoms with Crippen LogP contribution in [-0.4, -0.2) is 18.7 Å². The van der Waals surface area contributed by atoms with Gasteiger partial charge < -0.3 is 9.47 Å². The third-order valence-electron chi connectivity index (χ3n) is 2.74. The minimum absolute atomic E-state index is 0.242. The van der Waals surface area contributed by atoms with E-state index in [1.807, 2.05) is 38.1 Å². The molecule has 2 rings (SSSR count). The molecule has 92 valence electrons. The van der Waals surface area contributed by atoms with Gasteiger partial charge in [0.05, 0.1) is 6.61 Å². The lowest BCUT2D eigenvalue weighted by Gasteiger charge is -2.24. The van der Waals surface area contributed by atoms with Crippen LogP contribution in [0.25, 0.3) is 0 Å². The summed E-state index contributed by atoms with van der Waals surface area (Å²) in [5.41, 5.74) is 1.17. The molecule has 1 unspecified atom stereocenters. The molecule has 0 N–H and O–H groups in total. The topological polar surface area (TPSA) is 35.5 Å². The molecule has 0 saturated heterocycles. The summed E-state index contributed by atoms with van der Waals surface area (Å²) < 4.78 is 10.8. The number of carbonyl (C=O) groups excluding carboxylic acids is 1. The number of para-hydroxylation sites is 1. The van der Waals surface area contributed by atoms with Gasteiger partial charge in [-0.3, -0.25) is 0 Å². The molecule has 1 aliphatic rings. The highest BCUT2D eigenvalue weighted by Crippen LogP contribution is 2.27. The highest BCUT2D eigenvalue weighted by molar-refractivity contribution is 5.75. The lowest BCUT2D eigenvalue weighted by Crippen LogP contribution is -2.33. The number of ether oxygens (including phenoxy) is 2. The number of carbonyl (C=O) groups is 1. The third kappa shape index (κ3) is 2.99. The number of aryl methyl sites for hydroxylation is 1. The van der Waals surface area contributed by atoms with Gasteiger partial charge in [0, 0.05) is 0 Å². The van der Waals surface area contributed by atoms with Crippen LogP contribution >= 0.6 is 0 Å². The number of benzene rings is 1. The Morgan fingerprint density at radius 1 is 1.47 bits per heavy atom. The van der Waals surface area contributed by atoms with Gasteiger partial charge in [0.2, 0.25) is 0 Å². The van der Waals surface area contributed by atoms with Crippen molar-refractivity contribution in [2.75, 3.05) is 6.61 Å². The van der Waals surface area contributed by atoms with E-state index < -0.39 is 6.10 Å². The van der Waals surface area contributed by atoms with Gasteiger partial charge in [-0.05, 0) is 30.4 Å². The number of esters is 1. The van der Waals surface area contributed by atoms with Crippen molar-refractivity contribution >= 4 is 5.97 Å². The highest BCUT2D eigenvalue weighted by Gasteiger charge is 2.27. The SMILES string of the molecule is CC(C)COC(=O)C1CCc2ccccc2O1. The van der Waals surface area contributed by atoms with Crippen molar-refractivity contribution in [3.63, 3.8) is 0 Å². The molecule has 1 heterocycles. The number of hydrogen-bond acceptors (Lipinski definition) is 3. The Hall–Kier alpha value is -1.51. The predicted octanol–water partition coefficient (Wildman–Crippen LogP) is 2.58.